The van der Waals surface area contributed by atoms with Gasteiger partial charge in [0.2, 0.25) is 11.9 Å². The first-order chi connectivity index (χ1) is 11.7. The van der Waals surface area contributed by atoms with E-state index >= 15 is 0 Å². The number of rotatable bonds is 6. The van der Waals surface area contributed by atoms with Gasteiger partial charge in [0, 0.05) is 6.04 Å². The van der Waals surface area contributed by atoms with Gasteiger partial charge in [0.1, 0.15) is 6.04 Å². The summed E-state index contributed by atoms with van der Waals surface area (Å²) in [6.45, 7) is 5.20. The van der Waals surface area contributed by atoms with E-state index in [1.54, 1.807) is 6.08 Å². The Morgan fingerprint density at radius 3 is 2.36 bits per heavy atom. The highest BCUT2D eigenvalue weighted by Gasteiger charge is 2.38. The maximum atomic E-state index is 13.0. The Labute approximate surface area is 145 Å². The number of hydrogen-bond acceptors (Lipinski definition) is 6. The SMILES string of the molecule is CC[C@@H](Nc1nc(NC(C)C)nc(C2=C[C@@H](O)CCC2)n1)C(F)(F)F. The lowest BCUT2D eigenvalue weighted by Gasteiger charge is -2.21. The lowest BCUT2D eigenvalue weighted by atomic mass is 9.97. The lowest BCUT2D eigenvalue weighted by Crippen LogP contribution is -2.36. The fraction of sp³-hybridized carbons (Fsp3) is 0.688. The smallest absolute Gasteiger partial charge is 0.389 e. The predicted molar refractivity (Wildman–Crippen MR) is 90.2 cm³/mol. The van der Waals surface area contributed by atoms with Crippen molar-refractivity contribution in [2.75, 3.05) is 10.6 Å². The predicted octanol–water partition coefficient (Wildman–Crippen LogP) is 3.37. The summed E-state index contributed by atoms with van der Waals surface area (Å²) in [5.41, 5.74) is 0.719. The molecule has 0 bridgehead atoms. The van der Waals surface area contributed by atoms with Crippen molar-refractivity contribution >= 4 is 17.5 Å². The molecule has 9 heteroatoms. The molecule has 0 radical (unpaired) electrons. The average molecular weight is 359 g/mol. The molecule has 1 aliphatic carbocycles. The lowest BCUT2D eigenvalue weighted by molar-refractivity contribution is -0.143. The monoisotopic (exact) mass is 359 g/mol. The van der Waals surface area contributed by atoms with Crippen LogP contribution in [0, 0.1) is 0 Å². The molecule has 6 nitrogen and oxygen atoms in total. The fourth-order valence-electron chi connectivity index (χ4n) is 2.56. The summed E-state index contributed by atoms with van der Waals surface area (Å²) in [7, 11) is 0. The van der Waals surface area contributed by atoms with E-state index in [2.05, 4.69) is 25.6 Å². The fourth-order valence-corrected chi connectivity index (χ4v) is 2.56. The molecule has 3 N–H and O–H groups in total. The molecule has 0 aromatic carbocycles. The number of aliphatic hydroxyl groups is 1. The van der Waals surface area contributed by atoms with E-state index in [4.69, 9.17) is 0 Å². The highest BCUT2D eigenvalue weighted by atomic mass is 19.4. The zero-order valence-electron chi connectivity index (χ0n) is 14.6. The minimum absolute atomic E-state index is 0.0126. The zero-order valence-corrected chi connectivity index (χ0v) is 14.6. The van der Waals surface area contributed by atoms with E-state index in [-0.39, 0.29) is 30.2 Å². The van der Waals surface area contributed by atoms with Crippen LogP contribution >= 0.6 is 0 Å². The first-order valence-corrected chi connectivity index (χ1v) is 8.44. The number of nitrogens with zero attached hydrogens (tertiary/aromatic N) is 3. The van der Waals surface area contributed by atoms with Crippen molar-refractivity contribution in [2.24, 2.45) is 0 Å². The first-order valence-electron chi connectivity index (χ1n) is 8.44. The summed E-state index contributed by atoms with van der Waals surface area (Å²) in [6, 6.07) is -1.72. The minimum Gasteiger partial charge on any atom is -0.389 e. The quantitative estimate of drug-likeness (QED) is 0.722. The van der Waals surface area contributed by atoms with Crippen LogP contribution in [0.2, 0.25) is 0 Å². The van der Waals surface area contributed by atoms with Gasteiger partial charge in [-0.05, 0) is 51.2 Å². The number of aliphatic hydroxyl groups excluding tert-OH is 1. The first kappa shape index (κ1) is 19.4. The molecule has 0 saturated carbocycles. The molecular formula is C16H24F3N5O. The third kappa shape index (κ3) is 5.55. The standard InChI is InChI=1S/C16H24F3N5O/c1-4-12(16(17,18)19)21-15-23-13(10-6-5-7-11(25)8-10)22-14(24-15)20-9(2)3/h8-9,11-12,25H,4-7H2,1-3H3,(H2,20,21,22,23,24)/t11-,12+/m0/s1. The van der Waals surface area contributed by atoms with Gasteiger partial charge in [0.25, 0.3) is 0 Å². The molecule has 0 unspecified atom stereocenters. The second-order valence-electron chi connectivity index (χ2n) is 6.40. The van der Waals surface area contributed by atoms with Gasteiger partial charge in [-0.1, -0.05) is 6.92 Å². The van der Waals surface area contributed by atoms with Gasteiger partial charge < -0.3 is 15.7 Å². The van der Waals surface area contributed by atoms with Crippen LogP contribution in [-0.4, -0.2) is 44.4 Å². The van der Waals surface area contributed by atoms with Crippen LogP contribution in [-0.2, 0) is 0 Å². The summed E-state index contributed by atoms with van der Waals surface area (Å²) in [5, 5.41) is 15.1. The van der Waals surface area contributed by atoms with Crippen molar-refractivity contribution in [3.8, 4) is 0 Å². The molecule has 2 atom stereocenters. The van der Waals surface area contributed by atoms with Crippen molar-refractivity contribution < 1.29 is 18.3 Å². The third-order valence-corrected chi connectivity index (χ3v) is 3.79. The van der Waals surface area contributed by atoms with Gasteiger partial charge >= 0.3 is 6.18 Å². The zero-order chi connectivity index (χ0) is 18.6. The Hall–Kier alpha value is -1.90. The topological polar surface area (TPSA) is 83.0 Å². The number of aromatic nitrogens is 3. The highest BCUT2D eigenvalue weighted by Crippen LogP contribution is 2.28. The van der Waals surface area contributed by atoms with Crippen LogP contribution in [0.25, 0.3) is 5.57 Å². The maximum absolute atomic E-state index is 13.0. The Morgan fingerprint density at radius 1 is 1.20 bits per heavy atom. The van der Waals surface area contributed by atoms with Crippen molar-refractivity contribution in [1.29, 1.82) is 0 Å². The summed E-state index contributed by atoms with van der Waals surface area (Å²) in [4.78, 5) is 12.5. The number of nitrogens with one attached hydrogen (secondary N) is 2. The summed E-state index contributed by atoms with van der Waals surface area (Å²) < 4.78 is 39.1. The molecule has 1 aromatic heterocycles. The van der Waals surface area contributed by atoms with E-state index in [0.717, 1.165) is 12.0 Å². The molecule has 2 rings (SSSR count). The molecule has 140 valence electrons. The third-order valence-electron chi connectivity index (χ3n) is 3.79. The molecule has 0 fully saturated rings. The number of alkyl halides is 3. The van der Waals surface area contributed by atoms with Gasteiger partial charge in [-0.25, -0.2) is 0 Å². The highest BCUT2D eigenvalue weighted by molar-refractivity contribution is 5.63. The van der Waals surface area contributed by atoms with Crippen LogP contribution in [0.3, 0.4) is 0 Å². The van der Waals surface area contributed by atoms with Crippen molar-refractivity contribution in [1.82, 2.24) is 15.0 Å². The van der Waals surface area contributed by atoms with Crippen LogP contribution in [0.5, 0.6) is 0 Å². The Bertz CT molecular complexity index is 618. The van der Waals surface area contributed by atoms with Gasteiger partial charge in [0.15, 0.2) is 5.82 Å². The number of anilines is 2. The van der Waals surface area contributed by atoms with Gasteiger partial charge in [-0.15, -0.1) is 0 Å². The molecule has 1 aromatic rings. The van der Waals surface area contributed by atoms with Crippen LogP contribution in [0.1, 0.15) is 52.3 Å². The number of allylic oxidation sites excluding steroid dienone is 1. The van der Waals surface area contributed by atoms with Crippen LogP contribution in [0.15, 0.2) is 6.08 Å². The minimum atomic E-state index is -4.40. The van der Waals surface area contributed by atoms with E-state index < -0.39 is 18.3 Å². The molecule has 0 saturated heterocycles. The van der Waals surface area contributed by atoms with E-state index in [1.807, 2.05) is 13.8 Å². The van der Waals surface area contributed by atoms with Gasteiger partial charge in [-0.3, -0.25) is 0 Å². The van der Waals surface area contributed by atoms with Gasteiger partial charge in [-0.2, -0.15) is 28.1 Å². The van der Waals surface area contributed by atoms with Crippen LogP contribution < -0.4 is 10.6 Å². The summed E-state index contributed by atoms with van der Waals surface area (Å²) in [6.07, 6.45) is -1.37. The maximum Gasteiger partial charge on any atom is 0.408 e. The Morgan fingerprint density at radius 2 is 1.84 bits per heavy atom. The molecule has 25 heavy (non-hydrogen) atoms. The van der Waals surface area contributed by atoms with Crippen molar-refractivity contribution in [3.63, 3.8) is 0 Å². The molecule has 0 spiro atoms. The van der Waals surface area contributed by atoms with Gasteiger partial charge in [0.05, 0.1) is 6.10 Å². The average Bonchev–Trinajstić information content (AvgIpc) is 2.50. The molecule has 1 heterocycles. The molecule has 0 amide bonds. The summed E-state index contributed by atoms with van der Waals surface area (Å²) in [5.74, 6) is 0.371. The Kier molecular flexibility index (Phi) is 6.21. The normalized spacial score (nSPS) is 19.5. The van der Waals surface area contributed by atoms with E-state index in [9.17, 15) is 18.3 Å². The molecule has 1 aliphatic rings. The number of hydrogen-bond donors (Lipinski definition) is 3. The van der Waals surface area contributed by atoms with E-state index in [0.29, 0.717) is 12.8 Å². The second kappa shape index (κ2) is 7.99. The number of halogens is 3. The molecule has 0 aliphatic heterocycles. The summed E-state index contributed by atoms with van der Waals surface area (Å²) >= 11 is 0. The van der Waals surface area contributed by atoms with Crippen LogP contribution in [0.4, 0.5) is 25.1 Å². The van der Waals surface area contributed by atoms with Crippen molar-refractivity contribution in [3.05, 3.63) is 11.9 Å². The Balaban J connectivity index is 2.36. The van der Waals surface area contributed by atoms with E-state index in [1.165, 1.54) is 6.92 Å². The molecular weight excluding hydrogens is 335 g/mol. The second-order valence-corrected chi connectivity index (χ2v) is 6.40. The largest absolute Gasteiger partial charge is 0.408 e. The van der Waals surface area contributed by atoms with Crippen molar-refractivity contribution in [2.45, 2.75) is 70.8 Å².